The molecule has 0 aliphatic rings. The molecule has 6 amide bonds. The van der Waals surface area contributed by atoms with Crippen LogP contribution in [0.3, 0.4) is 0 Å². The van der Waals surface area contributed by atoms with E-state index < -0.39 is 84.1 Å². The van der Waals surface area contributed by atoms with Crippen LogP contribution in [0.25, 0.3) is 0 Å². The van der Waals surface area contributed by atoms with Gasteiger partial charge < -0.3 is 48.3 Å². The Kier molecular flexibility index (Phi) is 15.5. The second kappa shape index (κ2) is 18.2. The number of carbonyl (C=O) groups is 7. The number of para-hydroxylation sites is 1. The fourth-order valence-corrected chi connectivity index (χ4v) is 4.11. The number of anilines is 1. The van der Waals surface area contributed by atoms with Crippen LogP contribution in [0, 0.1) is 11.8 Å². The SMILES string of the molecule is CC(C)C[C@H](NC(=O)[C@@H](NC(=O)[C@H](C)NC(=O)[C@H](CO)NC(=O)c1ccccc1N)C(C)C)C(=O)N[C@@H](CCC(N)=O)C(=O)O. The molecule has 0 aliphatic carbocycles. The van der Waals surface area contributed by atoms with Gasteiger partial charge in [0.05, 0.1) is 12.2 Å². The highest BCUT2D eigenvalue weighted by molar-refractivity contribution is 6.02. The van der Waals surface area contributed by atoms with Crippen LogP contribution in [0.1, 0.15) is 64.2 Å². The van der Waals surface area contributed by atoms with Crippen molar-refractivity contribution in [3.8, 4) is 0 Å². The molecule has 0 unspecified atom stereocenters. The molecule has 1 aromatic carbocycles. The first-order chi connectivity index (χ1) is 21.0. The van der Waals surface area contributed by atoms with Gasteiger partial charge in [0, 0.05) is 12.1 Å². The molecule has 250 valence electrons. The maximum absolute atomic E-state index is 13.3. The molecule has 0 saturated heterocycles. The molecular formula is C29H45N7O9. The van der Waals surface area contributed by atoms with Gasteiger partial charge in [-0.05, 0) is 43.7 Å². The van der Waals surface area contributed by atoms with Crippen molar-refractivity contribution in [3.05, 3.63) is 29.8 Å². The van der Waals surface area contributed by atoms with Crippen LogP contribution in [0.2, 0.25) is 0 Å². The molecule has 0 heterocycles. The van der Waals surface area contributed by atoms with Crippen molar-refractivity contribution in [1.82, 2.24) is 26.6 Å². The molecule has 0 fully saturated rings. The van der Waals surface area contributed by atoms with E-state index in [0.29, 0.717) is 0 Å². The van der Waals surface area contributed by atoms with Crippen LogP contribution >= 0.6 is 0 Å². The smallest absolute Gasteiger partial charge is 0.326 e. The van der Waals surface area contributed by atoms with Gasteiger partial charge in [-0.15, -0.1) is 0 Å². The lowest BCUT2D eigenvalue weighted by atomic mass is 9.99. The number of primary amides is 1. The topological polar surface area (TPSA) is 272 Å². The molecule has 0 saturated carbocycles. The summed E-state index contributed by atoms with van der Waals surface area (Å²) in [6.45, 7) is 7.42. The van der Waals surface area contributed by atoms with Crippen molar-refractivity contribution < 1.29 is 43.8 Å². The molecular weight excluding hydrogens is 590 g/mol. The van der Waals surface area contributed by atoms with Gasteiger partial charge >= 0.3 is 5.97 Å². The van der Waals surface area contributed by atoms with Crippen molar-refractivity contribution in [2.75, 3.05) is 12.3 Å². The molecule has 0 aliphatic heterocycles. The van der Waals surface area contributed by atoms with Crippen LogP contribution < -0.4 is 38.1 Å². The van der Waals surface area contributed by atoms with Crippen LogP contribution in [0.15, 0.2) is 24.3 Å². The molecule has 0 spiro atoms. The average Bonchev–Trinajstić information content (AvgIpc) is 2.95. The van der Waals surface area contributed by atoms with E-state index in [1.165, 1.54) is 19.1 Å². The van der Waals surface area contributed by atoms with Gasteiger partial charge in [0.25, 0.3) is 5.91 Å². The summed E-state index contributed by atoms with van der Waals surface area (Å²) in [5, 5.41) is 31.3. The number of amides is 6. The number of carbonyl (C=O) groups excluding carboxylic acids is 6. The number of carboxylic acids is 1. The fourth-order valence-electron chi connectivity index (χ4n) is 4.11. The normalized spacial score (nSPS) is 14.3. The predicted octanol–water partition coefficient (Wildman–Crippen LogP) is -1.63. The van der Waals surface area contributed by atoms with E-state index in [4.69, 9.17) is 11.5 Å². The van der Waals surface area contributed by atoms with Crippen LogP contribution in [-0.2, 0) is 28.8 Å². The standard InChI is InChI=1S/C29H45N7O9/c1-14(2)12-20(26(41)33-19(29(44)45)10-11-22(31)38)34-28(43)23(15(3)4)36-24(39)16(5)32-27(42)21(13-37)35-25(40)17-8-6-7-9-18(17)30/h6-9,14-16,19-21,23,37H,10-13,30H2,1-5H3,(H2,31,38)(H,32,42)(H,33,41)(H,34,43)(H,35,40)(H,36,39)(H,44,45)/t16-,19-,20-,21-,23-/m0/s1. The zero-order chi connectivity index (χ0) is 34.4. The van der Waals surface area contributed by atoms with Gasteiger partial charge in [0.1, 0.15) is 30.2 Å². The summed E-state index contributed by atoms with van der Waals surface area (Å²) in [5.41, 5.74) is 11.1. The van der Waals surface area contributed by atoms with Gasteiger partial charge in [0.15, 0.2) is 0 Å². The average molecular weight is 636 g/mol. The number of aliphatic carboxylic acids is 1. The van der Waals surface area contributed by atoms with E-state index in [1.54, 1.807) is 39.8 Å². The lowest BCUT2D eigenvalue weighted by molar-refractivity contribution is -0.142. The summed E-state index contributed by atoms with van der Waals surface area (Å²) in [7, 11) is 0. The van der Waals surface area contributed by atoms with E-state index in [0.717, 1.165) is 0 Å². The van der Waals surface area contributed by atoms with Crippen LogP contribution in [0.5, 0.6) is 0 Å². The van der Waals surface area contributed by atoms with E-state index >= 15 is 0 Å². The first-order valence-electron chi connectivity index (χ1n) is 14.5. The number of hydrogen-bond donors (Lipinski definition) is 9. The highest BCUT2D eigenvalue weighted by atomic mass is 16.4. The minimum atomic E-state index is -1.42. The van der Waals surface area contributed by atoms with Crippen molar-refractivity contribution in [1.29, 1.82) is 0 Å². The number of rotatable bonds is 18. The first-order valence-corrected chi connectivity index (χ1v) is 14.5. The molecule has 0 radical (unpaired) electrons. The monoisotopic (exact) mass is 635 g/mol. The van der Waals surface area contributed by atoms with Crippen molar-refractivity contribution >= 4 is 47.1 Å². The molecule has 5 atom stereocenters. The Morgan fingerprint density at radius 2 is 1.33 bits per heavy atom. The van der Waals surface area contributed by atoms with Crippen molar-refractivity contribution in [2.45, 2.75) is 84.1 Å². The summed E-state index contributed by atoms with van der Waals surface area (Å²) in [6, 6.07) is -0.254. The number of hydrogen-bond acceptors (Lipinski definition) is 9. The zero-order valence-corrected chi connectivity index (χ0v) is 26.1. The van der Waals surface area contributed by atoms with E-state index in [9.17, 15) is 43.8 Å². The van der Waals surface area contributed by atoms with Crippen molar-refractivity contribution in [2.24, 2.45) is 17.6 Å². The van der Waals surface area contributed by atoms with Crippen LogP contribution in [0.4, 0.5) is 5.69 Å². The number of nitrogen functional groups attached to an aromatic ring is 1. The maximum atomic E-state index is 13.3. The Morgan fingerprint density at radius 1 is 0.756 bits per heavy atom. The maximum Gasteiger partial charge on any atom is 0.326 e. The first kappa shape index (κ1) is 38.3. The van der Waals surface area contributed by atoms with Gasteiger partial charge in [0.2, 0.25) is 29.5 Å². The molecule has 11 N–H and O–H groups in total. The van der Waals surface area contributed by atoms with E-state index in [1.807, 2.05) is 0 Å². The van der Waals surface area contributed by atoms with Gasteiger partial charge in [-0.1, -0.05) is 39.8 Å². The molecule has 16 heteroatoms. The minimum absolute atomic E-state index is 0.0916. The Labute approximate surface area is 261 Å². The minimum Gasteiger partial charge on any atom is -0.480 e. The van der Waals surface area contributed by atoms with Crippen LogP contribution in [-0.4, -0.2) is 88.4 Å². The second-order valence-electron chi connectivity index (χ2n) is 11.4. The lowest BCUT2D eigenvalue weighted by Gasteiger charge is -2.28. The number of aliphatic hydroxyl groups is 1. The van der Waals surface area contributed by atoms with Crippen molar-refractivity contribution in [3.63, 3.8) is 0 Å². The Hall–Kier alpha value is -4.73. The largest absolute Gasteiger partial charge is 0.480 e. The molecule has 16 nitrogen and oxygen atoms in total. The highest BCUT2D eigenvalue weighted by Gasteiger charge is 2.33. The van der Waals surface area contributed by atoms with Gasteiger partial charge in [-0.3, -0.25) is 28.8 Å². The second-order valence-corrected chi connectivity index (χ2v) is 11.4. The number of benzene rings is 1. The third kappa shape index (κ3) is 12.8. The molecule has 1 aromatic rings. The van der Waals surface area contributed by atoms with E-state index in [-0.39, 0.29) is 36.4 Å². The summed E-state index contributed by atoms with van der Waals surface area (Å²) >= 11 is 0. The quantitative estimate of drug-likeness (QED) is 0.0831. The number of carboxylic acid groups (broad SMARTS) is 1. The highest BCUT2D eigenvalue weighted by Crippen LogP contribution is 2.11. The summed E-state index contributed by atoms with van der Waals surface area (Å²) in [5.74, 6) is -6.58. The van der Waals surface area contributed by atoms with Gasteiger partial charge in [-0.2, -0.15) is 0 Å². The third-order valence-corrected chi connectivity index (χ3v) is 6.64. The zero-order valence-electron chi connectivity index (χ0n) is 26.1. The lowest BCUT2D eigenvalue weighted by Crippen LogP contribution is -2.59. The predicted molar refractivity (Wildman–Crippen MR) is 163 cm³/mol. The molecule has 0 aromatic heterocycles. The van der Waals surface area contributed by atoms with Gasteiger partial charge in [-0.25, -0.2) is 4.79 Å². The number of aliphatic hydroxyl groups excluding tert-OH is 1. The molecule has 1 rings (SSSR count). The fraction of sp³-hybridized carbons (Fsp3) is 0.552. The summed E-state index contributed by atoms with van der Waals surface area (Å²) in [6.07, 6.45) is -0.385. The van der Waals surface area contributed by atoms with E-state index in [2.05, 4.69) is 26.6 Å². The summed E-state index contributed by atoms with van der Waals surface area (Å²) in [4.78, 5) is 87.2. The summed E-state index contributed by atoms with van der Waals surface area (Å²) < 4.78 is 0. The Morgan fingerprint density at radius 3 is 1.84 bits per heavy atom. The molecule has 45 heavy (non-hydrogen) atoms. The Balaban J connectivity index is 2.94. The Bertz CT molecular complexity index is 1240. The molecule has 0 bridgehead atoms. The number of nitrogens with one attached hydrogen (secondary N) is 5. The third-order valence-electron chi connectivity index (χ3n) is 6.64. The number of nitrogens with two attached hydrogens (primary N) is 2.